The van der Waals surface area contributed by atoms with Crippen LogP contribution in [0.4, 0.5) is 17.1 Å². The van der Waals surface area contributed by atoms with Crippen LogP contribution in [0.5, 0.6) is 0 Å². The van der Waals surface area contributed by atoms with Crippen LogP contribution < -0.4 is 15.5 Å². The molecule has 124 valence electrons. The molecule has 2 aromatic rings. The van der Waals surface area contributed by atoms with Crippen molar-refractivity contribution in [1.82, 2.24) is 0 Å². The molecule has 1 saturated heterocycles. The van der Waals surface area contributed by atoms with Gasteiger partial charge in [0, 0.05) is 17.4 Å². The average Bonchev–Trinajstić information content (AvgIpc) is 3.01. The second-order valence-electron chi connectivity index (χ2n) is 5.55. The quantitative estimate of drug-likeness (QED) is 0.823. The van der Waals surface area contributed by atoms with Crippen LogP contribution in [0.3, 0.4) is 0 Å². The van der Waals surface area contributed by atoms with Crippen LogP contribution in [0.2, 0.25) is 0 Å². The van der Waals surface area contributed by atoms with Gasteiger partial charge in [0.25, 0.3) is 0 Å². The van der Waals surface area contributed by atoms with Crippen molar-refractivity contribution >= 4 is 44.8 Å². The summed E-state index contributed by atoms with van der Waals surface area (Å²) in [7, 11) is 0. The van der Waals surface area contributed by atoms with Crippen LogP contribution in [0.25, 0.3) is 0 Å². The maximum atomic E-state index is 12.2. The van der Waals surface area contributed by atoms with Crippen molar-refractivity contribution in [3.8, 4) is 0 Å². The molecule has 6 heteroatoms. The lowest BCUT2D eigenvalue weighted by Gasteiger charge is -2.20. The number of carbonyl (C=O) groups is 2. The summed E-state index contributed by atoms with van der Waals surface area (Å²) in [4.78, 5) is 25.9. The minimum absolute atomic E-state index is 0.125. The molecule has 24 heavy (non-hydrogen) atoms. The molecule has 1 fully saturated rings. The first-order valence-electron chi connectivity index (χ1n) is 7.83. The highest BCUT2D eigenvalue weighted by Crippen LogP contribution is 2.29. The summed E-state index contributed by atoms with van der Waals surface area (Å²) in [5.41, 5.74) is 2.34. The maximum Gasteiger partial charge on any atom is 0.243 e. The Bertz CT molecular complexity index is 763. The smallest absolute Gasteiger partial charge is 0.243 e. The van der Waals surface area contributed by atoms with Crippen LogP contribution >= 0.6 is 15.9 Å². The van der Waals surface area contributed by atoms with E-state index in [9.17, 15) is 9.59 Å². The second-order valence-corrected chi connectivity index (χ2v) is 6.40. The van der Waals surface area contributed by atoms with Gasteiger partial charge in [-0.2, -0.15) is 0 Å². The fourth-order valence-corrected chi connectivity index (χ4v) is 3.08. The van der Waals surface area contributed by atoms with E-state index in [4.69, 9.17) is 0 Å². The van der Waals surface area contributed by atoms with E-state index >= 15 is 0 Å². The van der Waals surface area contributed by atoms with E-state index in [1.807, 2.05) is 48.5 Å². The zero-order chi connectivity index (χ0) is 16.9. The number of benzene rings is 2. The molecule has 1 aliphatic rings. The summed E-state index contributed by atoms with van der Waals surface area (Å²) >= 11 is 3.40. The van der Waals surface area contributed by atoms with Gasteiger partial charge in [-0.1, -0.05) is 24.3 Å². The third kappa shape index (κ3) is 3.76. The third-order valence-corrected chi connectivity index (χ3v) is 4.55. The molecule has 0 spiro atoms. The molecule has 0 aromatic heterocycles. The number of nitrogens with one attached hydrogen (secondary N) is 2. The fraction of sp³-hybridized carbons (Fsp3) is 0.222. The number of carbonyl (C=O) groups excluding carboxylic acids is 2. The zero-order valence-electron chi connectivity index (χ0n) is 13.1. The molecule has 0 radical (unpaired) electrons. The van der Waals surface area contributed by atoms with E-state index in [0.29, 0.717) is 6.42 Å². The summed E-state index contributed by atoms with van der Waals surface area (Å²) in [6.07, 6.45) is 1.45. The van der Waals surface area contributed by atoms with Gasteiger partial charge >= 0.3 is 0 Å². The lowest BCUT2D eigenvalue weighted by atomic mass is 10.2. The highest BCUT2D eigenvalue weighted by molar-refractivity contribution is 9.10. The molecule has 3 rings (SSSR count). The number of amides is 2. The van der Waals surface area contributed by atoms with Gasteiger partial charge in [0.05, 0.1) is 23.6 Å². The molecule has 0 unspecified atom stereocenters. The average molecular weight is 388 g/mol. The number of hydrogen-bond acceptors (Lipinski definition) is 3. The Morgan fingerprint density at radius 2 is 1.79 bits per heavy atom. The molecular weight excluding hydrogens is 370 g/mol. The minimum Gasteiger partial charge on any atom is -0.374 e. The third-order valence-electron chi connectivity index (χ3n) is 3.86. The lowest BCUT2D eigenvalue weighted by Crippen LogP contribution is -2.26. The Morgan fingerprint density at radius 3 is 2.50 bits per heavy atom. The molecule has 1 aliphatic heterocycles. The number of halogens is 1. The Balaban J connectivity index is 1.65. The maximum absolute atomic E-state index is 12.2. The van der Waals surface area contributed by atoms with Gasteiger partial charge in [0.2, 0.25) is 11.8 Å². The normalized spacial score (nSPS) is 13.9. The van der Waals surface area contributed by atoms with Crippen LogP contribution in [0.1, 0.15) is 12.8 Å². The molecule has 5 nitrogen and oxygen atoms in total. The van der Waals surface area contributed by atoms with E-state index < -0.39 is 0 Å². The van der Waals surface area contributed by atoms with Crippen molar-refractivity contribution in [2.45, 2.75) is 12.8 Å². The molecule has 0 aliphatic carbocycles. The van der Waals surface area contributed by atoms with Crippen molar-refractivity contribution in [1.29, 1.82) is 0 Å². The monoisotopic (exact) mass is 387 g/mol. The van der Waals surface area contributed by atoms with E-state index in [1.165, 1.54) is 0 Å². The van der Waals surface area contributed by atoms with Gasteiger partial charge in [0.1, 0.15) is 0 Å². The number of para-hydroxylation sites is 3. The Hall–Kier alpha value is -2.34. The van der Waals surface area contributed by atoms with Gasteiger partial charge in [-0.05, 0) is 46.6 Å². The minimum atomic E-state index is -0.149. The van der Waals surface area contributed by atoms with E-state index in [-0.39, 0.29) is 18.4 Å². The number of nitrogens with zero attached hydrogens (tertiary/aromatic N) is 1. The van der Waals surface area contributed by atoms with Gasteiger partial charge in [-0.25, -0.2) is 0 Å². The first-order chi connectivity index (χ1) is 11.6. The Labute approximate surface area is 149 Å². The predicted octanol–water partition coefficient (Wildman–Crippen LogP) is 3.63. The number of rotatable bonds is 5. The summed E-state index contributed by atoms with van der Waals surface area (Å²) in [5.74, 6) is -0.0219. The van der Waals surface area contributed by atoms with Crippen molar-refractivity contribution in [3.05, 3.63) is 53.0 Å². The molecule has 2 aromatic carbocycles. The molecule has 0 bridgehead atoms. The van der Waals surface area contributed by atoms with Gasteiger partial charge in [0.15, 0.2) is 0 Å². The van der Waals surface area contributed by atoms with Gasteiger partial charge in [-0.15, -0.1) is 0 Å². The standard InChI is InChI=1S/C18H18BrN3O2/c19-13-6-1-2-7-14(13)21-17(23)12-20-15-8-3-4-9-16(15)22-11-5-10-18(22)24/h1-4,6-9,20H,5,10-12H2,(H,21,23). The Kier molecular flexibility index (Phi) is 5.15. The van der Waals surface area contributed by atoms with E-state index in [1.54, 1.807) is 4.90 Å². The van der Waals surface area contributed by atoms with Crippen LogP contribution in [-0.4, -0.2) is 24.9 Å². The van der Waals surface area contributed by atoms with Gasteiger partial charge in [-0.3, -0.25) is 9.59 Å². The Morgan fingerprint density at radius 1 is 1.08 bits per heavy atom. The van der Waals surface area contributed by atoms with Crippen LogP contribution in [0, 0.1) is 0 Å². The van der Waals surface area contributed by atoms with E-state index in [0.717, 1.165) is 34.5 Å². The SMILES string of the molecule is O=C(CNc1ccccc1N1CCCC1=O)Nc1ccccc1Br. The first-order valence-corrected chi connectivity index (χ1v) is 8.62. The highest BCUT2D eigenvalue weighted by Gasteiger charge is 2.23. The first kappa shape index (κ1) is 16.5. The fourth-order valence-electron chi connectivity index (χ4n) is 2.69. The molecule has 0 atom stereocenters. The number of anilines is 3. The molecular formula is C18H18BrN3O2. The van der Waals surface area contributed by atoms with Crippen LogP contribution in [0.15, 0.2) is 53.0 Å². The molecule has 0 saturated carbocycles. The summed E-state index contributed by atoms with van der Waals surface area (Å²) in [6, 6.07) is 15.0. The second kappa shape index (κ2) is 7.49. The number of hydrogen-bond donors (Lipinski definition) is 2. The molecule has 2 amide bonds. The van der Waals surface area contributed by atoms with Crippen molar-refractivity contribution in [3.63, 3.8) is 0 Å². The lowest BCUT2D eigenvalue weighted by molar-refractivity contribution is -0.117. The molecule has 1 heterocycles. The van der Waals surface area contributed by atoms with E-state index in [2.05, 4.69) is 26.6 Å². The summed E-state index contributed by atoms with van der Waals surface area (Å²) in [5, 5.41) is 5.98. The van der Waals surface area contributed by atoms with Crippen molar-refractivity contribution < 1.29 is 9.59 Å². The highest BCUT2D eigenvalue weighted by atomic mass is 79.9. The molecule has 2 N–H and O–H groups in total. The zero-order valence-corrected chi connectivity index (χ0v) is 14.7. The summed E-state index contributed by atoms with van der Waals surface area (Å²) < 4.78 is 0.835. The summed E-state index contributed by atoms with van der Waals surface area (Å²) in [6.45, 7) is 0.848. The predicted molar refractivity (Wildman–Crippen MR) is 99.3 cm³/mol. The van der Waals surface area contributed by atoms with Crippen molar-refractivity contribution in [2.75, 3.05) is 28.6 Å². The largest absolute Gasteiger partial charge is 0.374 e. The van der Waals surface area contributed by atoms with Crippen molar-refractivity contribution in [2.24, 2.45) is 0 Å². The van der Waals surface area contributed by atoms with Crippen LogP contribution in [-0.2, 0) is 9.59 Å². The topological polar surface area (TPSA) is 61.4 Å². The van der Waals surface area contributed by atoms with Gasteiger partial charge < -0.3 is 15.5 Å².